The molecule has 6 nitrogen and oxygen atoms in total. The van der Waals surface area contributed by atoms with E-state index in [2.05, 4.69) is 0 Å². The molecule has 1 aliphatic heterocycles. The maximum Gasteiger partial charge on any atom is 0.410 e. The maximum absolute atomic E-state index is 12.3. The van der Waals surface area contributed by atoms with Gasteiger partial charge in [-0.2, -0.15) is 0 Å². The largest absolute Gasteiger partial charge is 0.494 e. The fourth-order valence-electron chi connectivity index (χ4n) is 2.58. The van der Waals surface area contributed by atoms with E-state index in [-0.39, 0.29) is 18.2 Å². The van der Waals surface area contributed by atoms with Gasteiger partial charge in [-0.05, 0) is 45.9 Å². The first-order valence-electron chi connectivity index (χ1n) is 8.70. The van der Waals surface area contributed by atoms with Gasteiger partial charge in [-0.3, -0.25) is 0 Å². The van der Waals surface area contributed by atoms with Crippen LogP contribution in [0.1, 0.15) is 50.9 Å². The molecule has 138 valence electrons. The minimum absolute atomic E-state index is 0.193. The lowest BCUT2D eigenvalue weighted by atomic mass is 10.1. The van der Waals surface area contributed by atoms with Crippen LogP contribution >= 0.6 is 0 Å². The van der Waals surface area contributed by atoms with E-state index in [1.54, 1.807) is 29.2 Å². The molecule has 1 heterocycles. The van der Waals surface area contributed by atoms with Crippen molar-refractivity contribution in [1.29, 1.82) is 0 Å². The van der Waals surface area contributed by atoms with Crippen LogP contribution < -0.4 is 4.74 Å². The number of rotatable bonds is 4. The molecule has 0 radical (unpaired) electrons. The lowest BCUT2D eigenvalue weighted by Crippen LogP contribution is -2.43. The van der Waals surface area contributed by atoms with E-state index in [0.717, 1.165) is 0 Å². The molecule has 1 aliphatic rings. The first kappa shape index (κ1) is 19.1. The molecule has 0 unspecified atom stereocenters. The van der Waals surface area contributed by atoms with E-state index < -0.39 is 5.60 Å². The molecule has 1 amide bonds. The number of hydrogen-bond donors (Lipinski definition) is 0. The number of esters is 1. The Bertz CT molecular complexity index is 600. The van der Waals surface area contributed by atoms with Crippen LogP contribution in [-0.4, -0.2) is 48.4 Å². The number of carbonyl (C=O) groups excluding carboxylic acids is 2. The molecule has 0 atom stereocenters. The number of piperidine rings is 1. The van der Waals surface area contributed by atoms with Crippen molar-refractivity contribution in [2.75, 3.05) is 19.7 Å². The van der Waals surface area contributed by atoms with E-state index in [4.69, 9.17) is 14.2 Å². The third kappa shape index (κ3) is 5.96. The number of amides is 1. The summed E-state index contributed by atoms with van der Waals surface area (Å²) in [6.45, 7) is 9.00. The highest BCUT2D eigenvalue weighted by molar-refractivity contribution is 5.90. The molecule has 0 bridgehead atoms. The Kier molecular flexibility index (Phi) is 6.28. The summed E-state index contributed by atoms with van der Waals surface area (Å²) in [5, 5.41) is 0. The molecule has 25 heavy (non-hydrogen) atoms. The van der Waals surface area contributed by atoms with Crippen molar-refractivity contribution in [2.45, 2.75) is 52.2 Å². The standard InChI is InChI=1S/C19H27NO5/c1-5-23-16-8-6-7-14(13-16)17(21)24-15-9-11-20(12-10-15)18(22)25-19(2,3)4/h6-8,13,15H,5,9-12H2,1-4H3. The minimum Gasteiger partial charge on any atom is -0.494 e. The molecule has 1 aromatic rings. The number of hydrogen-bond acceptors (Lipinski definition) is 5. The van der Waals surface area contributed by atoms with Crippen LogP contribution in [0.3, 0.4) is 0 Å². The van der Waals surface area contributed by atoms with Crippen LogP contribution in [-0.2, 0) is 9.47 Å². The van der Waals surface area contributed by atoms with Gasteiger partial charge in [0, 0.05) is 25.9 Å². The number of ether oxygens (including phenoxy) is 3. The summed E-state index contributed by atoms with van der Waals surface area (Å²) in [5.74, 6) is 0.286. The van der Waals surface area contributed by atoms with Crippen molar-refractivity contribution in [3.05, 3.63) is 29.8 Å². The normalized spacial score (nSPS) is 15.6. The predicted octanol–water partition coefficient (Wildman–Crippen LogP) is 3.64. The molecule has 0 saturated carbocycles. The Hall–Kier alpha value is -2.24. The fourth-order valence-corrected chi connectivity index (χ4v) is 2.58. The van der Waals surface area contributed by atoms with Crippen molar-refractivity contribution in [3.63, 3.8) is 0 Å². The first-order chi connectivity index (χ1) is 11.8. The Morgan fingerprint density at radius 3 is 2.48 bits per heavy atom. The van der Waals surface area contributed by atoms with Crippen molar-refractivity contribution >= 4 is 12.1 Å². The van der Waals surface area contributed by atoms with Crippen molar-refractivity contribution in [2.24, 2.45) is 0 Å². The van der Waals surface area contributed by atoms with Gasteiger partial charge < -0.3 is 19.1 Å². The van der Waals surface area contributed by atoms with Crippen LogP contribution in [0.5, 0.6) is 5.75 Å². The number of nitrogens with zero attached hydrogens (tertiary/aromatic N) is 1. The first-order valence-corrected chi connectivity index (χ1v) is 8.70. The molecular formula is C19H27NO5. The summed E-state index contributed by atoms with van der Waals surface area (Å²) < 4.78 is 16.3. The maximum atomic E-state index is 12.3. The third-order valence-electron chi connectivity index (χ3n) is 3.75. The van der Waals surface area contributed by atoms with Crippen LogP contribution in [0.15, 0.2) is 24.3 Å². The fraction of sp³-hybridized carbons (Fsp3) is 0.579. The summed E-state index contributed by atoms with van der Waals surface area (Å²) in [7, 11) is 0. The molecule has 0 spiro atoms. The van der Waals surface area contributed by atoms with E-state index in [1.165, 1.54) is 0 Å². The van der Waals surface area contributed by atoms with E-state index in [0.29, 0.717) is 43.9 Å². The smallest absolute Gasteiger partial charge is 0.410 e. The topological polar surface area (TPSA) is 65.1 Å². The van der Waals surface area contributed by atoms with Gasteiger partial charge in [0.2, 0.25) is 0 Å². The highest BCUT2D eigenvalue weighted by Crippen LogP contribution is 2.20. The molecule has 0 aliphatic carbocycles. The Labute approximate surface area is 149 Å². The number of benzene rings is 1. The van der Waals surface area contributed by atoms with Gasteiger partial charge in [0.1, 0.15) is 17.5 Å². The summed E-state index contributed by atoms with van der Waals surface area (Å²) in [4.78, 5) is 26.0. The van der Waals surface area contributed by atoms with E-state index in [1.807, 2.05) is 27.7 Å². The predicted molar refractivity (Wildman–Crippen MR) is 93.9 cm³/mol. The molecule has 1 fully saturated rings. The third-order valence-corrected chi connectivity index (χ3v) is 3.75. The van der Waals surface area contributed by atoms with Gasteiger partial charge in [-0.1, -0.05) is 6.07 Å². The van der Waals surface area contributed by atoms with Crippen molar-refractivity contribution < 1.29 is 23.8 Å². The SMILES string of the molecule is CCOc1cccc(C(=O)OC2CCN(C(=O)OC(C)(C)C)CC2)c1. The van der Waals surface area contributed by atoms with Gasteiger partial charge in [0.15, 0.2) is 0 Å². The van der Waals surface area contributed by atoms with E-state index in [9.17, 15) is 9.59 Å². The molecule has 0 N–H and O–H groups in total. The Morgan fingerprint density at radius 2 is 1.88 bits per heavy atom. The minimum atomic E-state index is -0.508. The van der Waals surface area contributed by atoms with Crippen molar-refractivity contribution in [3.8, 4) is 5.75 Å². The van der Waals surface area contributed by atoms with Crippen LogP contribution in [0.2, 0.25) is 0 Å². The zero-order valence-corrected chi connectivity index (χ0v) is 15.4. The highest BCUT2D eigenvalue weighted by Gasteiger charge is 2.28. The van der Waals surface area contributed by atoms with E-state index >= 15 is 0 Å². The summed E-state index contributed by atoms with van der Waals surface area (Å²) in [5.41, 5.74) is -0.0353. The average Bonchev–Trinajstić information content (AvgIpc) is 2.54. The molecule has 6 heteroatoms. The molecule has 1 saturated heterocycles. The number of carbonyl (C=O) groups is 2. The van der Waals surface area contributed by atoms with Gasteiger partial charge in [-0.15, -0.1) is 0 Å². The second-order valence-corrected chi connectivity index (χ2v) is 7.03. The zero-order chi connectivity index (χ0) is 18.4. The lowest BCUT2D eigenvalue weighted by molar-refractivity contribution is -0.00342. The zero-order valence-electron chi connectivity index (χ0n) is 15.4. The highest BCUT2D eigenvalue weighted by atomic mass is 16.6. The second-order valence-electron chi connectivity index (χ2n) is 7.03. The molecule has 1 aromatic carbocycles. The quantitative estimate of drug-likeness (QED) is 0.777. The van der Waals surface area contributed by atoms with Crippen LogP contribution in [0.25, 0.3) is 0 Å². The Balaban J connectivity index is 1.84. The van der Waals surface area contributed by atoms with Gasteiger partial charge in [0.05, 0.1) is 12.2 Å². The second kappa shape index (κ2) is 8.23. The van der Waals surface area contributed by atoms with Crippen LogP contribution in [0.4, 0.5) is 4.79 Å². The molecule has 0 aromatic heterocycles. The van der Waals surface area contributed by atoms with Gasteiger partial charge >= 0.3 is 12.1 Å². The van der Waals surface area contributed by atoms with Gasteiger partial charge in [0.25, 0.3) is 0 Å². The molecular weight excluding hydrogens is 322 g/mol. The monoisotopic (exact) mass is 349 g/mol. The Morgan fingerprint density at radius 1 is 1.20 bits per heavy atom. The molecule has 2 rings (SSSR count). The van der Waals surface area contributed by atoms with Crippen LogP contribution in [0, 0.1) is 0 Å². The summed E-state index contributed by atoms with van der Waals surface area (Å²) in [6, 6.07) is 6.97. The summed E-state index contributed by atoms with van der Waals surface area (Å²) in [6.07, 6.45) is 0.704. The van der Waals surface area contributed by atoms with Crippen molar-refractivity contribution in [1.82, 2.24) is 4.90 Å². The van der Waals surface area contributed by atoms with Gasteiger partial charge in [-0.25, -0.2) is 9.59 Å². The average molecular weight is 349 g/mol. The lowest BCUT2D eigenvalue weighted by Gasteiger charge is -2.33. The number of likely N-dealkylation sites (tertiary alicyclic amines) is 1. The summed E-state index contributed by atoms with van der Waals surface area (Å²) >= 11 is 0.